The number of nitrogens with zero attached hydrogens (tertiary/aromatic N) is 1. The van der Waals surface area contributed by atoms with Crippen molar-refractivity contribution in [2.75, 3.05) is 4.90 Å². The molecule has 0 radical (unpaired) electrons. The predicted octanol–water partition coefficient (Wildman–Crippen LogP) is 2.71. The van der Waals surface area contributed by atoms with Crippen LogP contribution >= 0.6 is 23.4 Å². The number of hydrogen-bond acceptors (Lipinski definition) is 6. The second kappa shape index (κ2) is 6.87. The zero-order chi connectivity index (χ0) is 19.1. The lowest BCUT2D eigenvalue weighted by atomic mass is 10.1. The van der Waals surface area contributed by atoms with Crippen LogP contribution in [-0.2, 0) is 20.1 Å². The Hall–Kier alpha value is -1.56. The van der Waals surface area contributed by atoms with E-state index in [1.165, 1.54) is 29.2 Å². The number of primary sulfonamides is 1. The van der Waals surface area contributed by atoms with Gasteiger partial charge < -0.3 is 4.90 Å². The number of halogens is 1. The molecule has 1 heterocycles. The summed E-state index contributed by atoms with van der Waals surface area (Å²) in [6, 6.07) is 12.1. The quantitative estimate of drug-likeness (QED) is 0.713. The molecule has 1 aliphatic rings. The Morgan fingerprint density at radius 2 is 1.58 bits per heavy atom. The maximum Gasteiger partial charge on any atom is 0.297 e. The van der Waals surface area contributed by atoms with Gasteiger partial charge in [-0.1, -0.05) is 35.5 Å². The average molecular weight is 433 g/mol. The number of anilines is 1. The molecule has 0 saturated heterocycles. The van der Waals surface area contributed by atoms with Crippen LogP contribution in [0.5, 0.6) is 0 Å². The maximum atomic E-state index is 11.8. The second-order valence-corrected chi connectivity index (χ2v) is 10.1. The Balaban J connectivity index is 2.08. The lowest BCUT2D eigenvalue weighted by molar-refractivity contribution is 0.480. The summed E-state index contributed by atoms with van der Waals surface area (Å²) in [5, 5.41) is 7.21. The minimum absolute atomic E-state index is 0.103. The van der Waals surface area contributed by atoms with Gasteiger partial charge in [0.05, 0.1) is 10.6 Å². The van der Waals surface area contributed by atoms with Crippen LogP contribution in [0.4, 0.5) is 5.69 Å². The van der Waals surface area contributed by atoms with Gasteiger partial charge in [-0.3, -0.25) is 4.55 Å². The molecule has 0 bridgehead atoms. The molecule has 2 aromatic rings. The van der Waals surface area contributed by atoms with Crippen LogP contribution < -0.4 is 10.0 Å². The molecule has 3 rings (SSSR count). The lowest BCUT2D eigenvalue weighted by Gasteiger charge is -2.27. The highest BCUT2D eigenvalue weighted by molar-refractivity contribution is 8.14. The van der Waals surface area contributed by atoms with Crippen molar-refractivity contribution in [1.29, 1.82) is 0 Å². The van der Waals surface area contributed by atoms with Crippen molar-refractivity contribution in [1.82, 2.24) is 0 Å². The number of rotatable bonds is 4. The van der Waals surface area contributed by atoms with Gasteiger partial charge in [-0.2, -0.15) is 8.42 Å². The number of benzene rings is 2. The Bertz CT molecular complexity index is 1070. The Labute approximate surface area is 160 Å². The van der Waals surface area contributed by atoms with Gasteiger partial charge in [0.25, 0.3) is 10.1 Å². The third-order valence-electron chi connectivity index (χ3n) is 3.60. The lowest BCUT2D eigenvalue weighted by Crippen LogP contribution is -2.34. The first-order valence-electron chi connectivity index (χ1n) is 7.07. The van der Waals surface area contributed by atoms with Crippen molar-refractivity contribution in [3.63, 3.8) is 0 Å². The molecule has 1 unspecified atom stereocenters. The van der Waals surface area contributed by atoms with Gasteiger partial charge in [0.1, 0.15) is 0 Å². The van der Waals surface area contributed by atoms with Gasteiger partial charge in [0.15, 0.2) is 0 Å². The summed E-state index contributed by atoms with van der Waals surface area (Å²) >= 11 is 6.81. The molecule has 7 nitrogen and oxygen atoms in total. The summed E-state index contributed by atoms with van der Waals surface area (Å²) < 4.78 is 54.7. The van der Waals surface area contributed by atoms with Gasteiger partial charge in [0.2, 0.25) is 14.7 Å². The third-order valence-corrected chi connectivity index (χ3v) is 7.37. The van der Waals surface area contributed by atoms with E-state index in [9.17, 15) is 21.4 Å². The van der Waals surface area contributed by atoms with Crippen molar-refractivity contribution in [3.8, 4) is 0 Å². The Morgan fingerprint density at radius 3 is 2.08 bits per heavy atom. The van der Waals surface area contributed by atoms with E-state index in [4.69, 9.17) is 16.7 Å². The molecule has 2 aromatic carbocycles. The van der Waals surface area contributed by atoms with Crippen LogP contribution in [0.3, 0.4) is 0 Å². The Kier molecular flexibility index (Phi) is 5.08. The number of sulfonamides is 1. The molecule has 138 valence electrons. The molecule has 0 aromatic heterocycles. The minimum Gasteiger partial charge on any atom is -0.312 e. The van der Waals surface area contributed by atoms with Crippen LogP contribution in [-0.4, -0.2) is 26.1 Å². The van der Waals surface area contributed by atoms with E-state index in [-0.39, 0.29) is 4.90 Å². The fraction of sp³-hybridized carbons (Fsp3) is 0.0667. The van der Waals surface area contributed by atoms with Gasteiger partial charge in [0, 0.05) is 10.7 Å². The van der Waals surface area contributed by atoms with E-state index in [0.717, 1.165) is 11.8 Å². The number of nitrogens with two attached hydrogens (primary N) is 1. The van der Waals surface area contributed by atoms with Gasteiger partial charge >= 0.3 is 0 Å². The molecule has 0 aliphatic carbocycles. The molecular weight excluding hydrogens is 420 g/mol. The largest absolute Gasteiger partial charge is 0.312 e. The van der Waals surface area contributed by atoms with Crippen molar-refractivity contribution >= 4 is 54.9 Å². The van der Waals surface area contributed by atoms with Crippen molar-refractivity contribution in [2.45, 2.75) is 9.60 Å². The standard InChI is InChI=1S/C15H13ClN2O5S3/c16-11-3-1-10(2-4-11)14-9-24-15(26(21,22)23)18(14)12-5-7-13(8-6-12)25(17,19)20/h1-9,15H,(H2,17,19,20)(H,21,22,23). The van der Waals surface area contributed by atoms with Gasteiger partial charge in [-0.25, -0.2) is 13.6 Å². The zero-order valence-electron chi connectivity index (χ0n) is 13.0. The van der Waals surface area contributed by atoms with Crippen LogP contribution in [0.15, 0.2) is 58.8 Å². The van der Waals surface area contributed by atoms with Gasteiger partial charge in [-0.15, -0.1) is 0 Å². The maximum absolute atomic E-state index is 11.8. The summed E-state index contributed by atoms with van der Waals surface area (Å²) in [7, 11) is -8.30. The number of hydrogen-bond donors (Lipinski definition) is 2. The normalized spacial score (nSPS) is 18.0. The van der Waals surface area contributed by atoms with Crippen LogP contribution in [0.2, 0.25) is 5.02 Å². The molecule has 11 heteroatoms. The zero-order valence-corrected chi connectivity index (χ0v) is 16.2. The molecule has 1 aliphatic heterocycles. The second-order valence-electron chi connectivity index (χ2n) is 5.38. The number of thioether (sulfide) groups is 1. The van der Waals surface area contributed by atoms with E-state index in [1.54, 1.807) is 29.7 Å². The Morgan fingerprint density at radius 1 is 1.00 bits per heavy atom. The molecule has 0 fully saturated rings. The average Bonchev–Trinajstić information content (AvgIpc) is 3.00. The summed E-state index contributed by atoms with van der Waals surface area (Å²) in [4.78, 5) is 1.30. The monoisotopic (exact) mass is 432 g/mol. The SMILES string of the molecule is NS(=O)(=O)c1ccc(N2C(c3ccc(Cl)cc3)=CSC2S(=O)(=O)O)cc1. The molecular formula is C15H13ClN2O5S3. The van der Waals surface area contributed by atoms with E-state index in [0.29, 0.717) is 22.0 Å². The molecule has 0 amide bonds. The molecule has 0 spiro atoms. The van der Waals surface area contributed by atoms with E-state index in [2.05, 4.69) is 0 Å². The highest BCUT2D eigenvalue weighted by Crippen LogP contribution is 2.42. The third kappa shape index (κ3) is 3.90. The summed E-state index contributed by atoms with van der Waals surface area (Å²) in [5.41, 5.74) is 1.59. The first-order valence-corrected chi connectivity index (χ1v) is 11.4. The molecule has 26 heavy (non-hydrogen) atoms. The molecule has 0 saturated carbocycles. The first-order chi connectivity index (χ1) is 12.1. The van der Waals surface area contributed by atoms with E-state index in [1.807, 2.05) is 0 Å². The predicted molar refractivity (Wildman–Crippen MR) is 103 cm³/mol. The molecule has 1 atom stereocenters. The summed E-state index contributed by atoms with van der Waals surface area (Å²) in [6.45, 7) is 0. The van der Waals surface area contributed by atoms with Crippen molar-refractivity contribution in [3.05, 3.63) is 64.5 Å². The smallest absolute Gasteiger partial charge is 0.297 e. The summed E-state index contributed by atoms with van der Waals surface area (Å²) in [5.74, 6) is 0. The van der Waals surface area contributed by atoms with Crippen LogP contribution in [0.25, 0.3) is 5.70 Å². The topological polar surface area (TPSA) is 118 Å². The fourth-order valence-electron chi connectivity index (χ4n) is 2.44. The van der Waals surface area contributed by atoms with E-state index >= 15 is 0 Å². The molecule has 3 N–H and O–H groups in total. The van der Waals surface area contributed by atoms with E-state index < -0.39 is 24.8 Å². The highest BCUT2D eigenvalue weighted by atomic mass is 35.5. The fourth-order valence-corrected chi connectivity index (χ4v) is 5.17. The van der Waals surface area contributed by atoms with Crippen molar-refractivity contribution < 1.29 is 21.4 Å². The minimum atomic E-state index is -4.42. The van der Waals surface area contributed by atoms with Gasteiger partial charge in [-0.05, 0) is 47.4 Å². The van der Waals surface area contributed by atoms with Crippen molar-refractivity contribution in [2.24, 2.45) is 5.14 Å². The van der Waals surface area contributed by atoms with Crippen LogP contribution in [0.1, 0.15) is 5.56 Å². The first kappa shape index (κ1) is 19.2. The highest BCUT2D eigenvalue weighted by Gasteiger charge is 2.37. The summed E-state index contributed by atoms with van der Waals surface area (Å²) in [6.07, 6.45) is 0. The van der Waals surface area contributed by atoms with Crippen LogP contribution in [0, 0.1) is 0 Å².